The van der Waals surface area contributed by atoms with Crippen molar-refractivity contribution in [2.24, 2.45) is 11.7 Å². The number of amides is 1. The van der Waals surface area contributed by atoms with E-state index in [0.717, 1.165) is 11.3 Å². The molecule has 1 atom stereocenters. The molecule has 2 aromatic rings. The van der Waals surface area contributed by atoms with Crippen LogP contribution in [0.3, 0.4) is 0 Å². The fourth-order valence-corrected chi connectivity index (χ4v) is 3.48. The van der Waals surface area contributed by atoms with Crippen LogP contribution in [0.2, 0.25) is 0 Å². The van der Waals surface area contributed by atoms with Gasteiger partial charge in [-0.2, -0.15) is 5.10 Å². The zero-order valence-corrected chi connectivity index (χ0v) is 14.2. The van der Waals surface area contributed by atoms with Crippen LogP contribution in [0.25, 0.3) is 5.69 Å². The van der Waals surface area contributed by atoms with E-state index in [4.69, 9.17) is 5.73 Å². The monoisotopic (exact) mass is 326 g/mol. The molecule has 3 rings (SSSR count). The first-order valence-corrected chi connectivity index (χ1v) is 8.80. The molecule has 0 radical (unpaired) electrons. The Hall–Kier alpha value is -2.14. The normalized spacial score (nSPS) is 16.8. The van der Waals surface area contributed by atoms with Gasteiger partial charge in [-0.15, -0.1) is 0 Å². The van der Waals surface area contributed by atoms with Crippen molar-refractivity contribution >= 4 is 5.91 Å². The predicted octanol–water partition coefficient (Wildman–Crippen LogP) is 2.82. The molecule has 5 heteroatoms. The molecule has 0 saturated heterocycles. The van der Waals surface area contributed by atoms with Gasteiger partial charge in [-0.05, 0) is 55.5 Å². The molecule has 0 bridgehead atoms. The maximum atomic E-state index is 12.5. The first-order chi connectivity index (χ1) is 11.7. The topological polar surface area (TPSA) is 72.9 Å². The fourth-order valence-electron chi connectivity index (χ4n) is 3.48. The van der Waals surface area contributed by atoms with Crippen LogP contribution >= 0.6 is 0 Å². The molecule has 1 heterocycles. The largest absolute Gasteiger partial charge is 0.348 e. The zero-order valence-electron chi connectivity index (χ0n) is 14.2. The number of hydrogen-bond acceptors (Lipinski definition) is 3. The number of benzene rings is 1. The molecule has 1 fully saturated rings. The molecular formula is C19H26N4O. The van der Waals surface area contributed by atoms with Gasteiger partial charge < -0.3 is 11.1 Å². The summed E-state index contributed by atoms with van der Waals surface area (Å²) >= 11 is 0. The maximum Gasteiger partial charge on any atom is 0.251 e. The average molecular weight is 326 g/mol. The molecular weight excluding hydrogens is 300 g/mol. The van der Waals surface area contributed by atoms with Crippen molar-refractivity contribution in [1.29, 1.82) is 0 Å². The Kier molecular flexibility index (Phi) is 5.30. The third-order valence-electron chi connectivity index (χ3n) is 4.90. The second-order valence-electron chi connectivity index (χ2n) is 6.72. The van der Waals surface area contributed by atoms with Gasteiger partial charge in [-0.1, -0.05) is 19.3 Å². The summed E-state index contributed by atoms with van der Waals surface area (Å²) in [6, 6.07) is 7.59. The number of aromatic nitrogens is 2. The van der Waals surface area contributed by atoms with Crippen molar-refractivity contribution in [3.8, 4) is 5.69 Å². The molecule has 0 spiro atoms. The predicted molar refractivity (Wildman–Crippen MR) is 95.2 cm³/mol. The summed E-state index contributed by atoms with van der Waals surface area (Å²) in [5, 5.41) is 7.41. The van der Waals surface area contributed by atoms with Gasteiger partial charge in [0.25, 0.3) is 5.91 Å². The van der Waals surface area contributed by atoms with E-state index >= 15 is 0 Å². The zero-order chi connectivity index (χ0) is 16.9. The van der Waals surface area contributed by atoms with Crippen molar-refractivity contribution in [3.63, 3.8) is 0 Å². The number of hydrogen-bond donors (Lipinski definition) is 2. The second kappa shape index (κ2) is 7.62. The van der Waals surface area contributed by atoms with E-state index in [2.05, 4.69) is 10.4 Å². The number of rotatable bonds is 5. The van der Waals surface area contributed by atoms with E-state index in [1.165, 1.54) is 32.1 Å². The highest BCUT2D eigenvalue weighted by Crippen LogP contribution is 2.26. The van der Waals surface area contributed by atoms with E-state index in [0.29, 0.717) is 18.0 Å². The molecule has 0 aliphatic heterocycles. The molecule has 1 aromatic heterocycles. The van der Waals surface area contributed by atoms with Gasteiger partial charge in [-0.3, -0.25) is 4.79 Å². The lowest BCUT2D eigenvalue weighted by atomic mass is 9.84. The van der Waals surface area contributed by atoms with Crippen molar-refractivity contribution in [2.45, 2.75) is 45.1 Å². The van der Waals surface area contributed by atoms with Gasteiger partial charge in [0.05, 0.1) is 11.9 Å². The lowest BCUT2D eigenvalue weighted by Gasteiger charge is -2.30. The number of nitrogens with zero attached hydrogens (tertiary/aromatic N) is 2. The van der Waals surface area contributed by atoms with Crippen LogP contribution < -0.4 is 11.1 Å². The third-order valence-corrected chi connectivity index (χ3v) is 4.90. The molecule has 1 unspecified atom stereocenters. The molecule has 24 heavy (non-hydrogen) atoms. The standard InChI is InChI=1S/C19H26N4O/c1-14-12-21-23(13-14)17-9-7-16(8-10-17)19(24)22-18(11-20)15-5-3-2-4-6-15/h7-10,12-13,15,18H,2-6,11,20H2,1H3,(H,22,24). The maximum absolute atomic E-state index is 12.5. The van der Waals surface area contributed by atoms with Crippen LogP contribution in [0.4, 0.5) is 0 Å². The van der Waals surface area contributed by atoms with Crippen LogP contribution in [-0.4, -0.2) is 28.3 Å². The Morgan fingerprint density at radius 3 is 2.58 bits per heavy atom. The Labute approximate surface area is 143 Å². The van der Waals surface area contributed by atoms with Crippen molar-refractivity contribution in [2.75, 3.05) is 6.54 Å². The minimum absolute atomic E-state index is 0.0424. The highest BCUT2D eigenvalue weighted by Gasteiger charge is 2.24. The quantitative estimate of drug-likeness (QED) is 0.887. The van der Waals surface area contributed by atoms with Gasteiger partial charge >= 0.3 is 0 Å². The summed E-state index contributed by atoms with van der Waals surface area (Å²) in [5.74, 6) is 0.471. The number of nitrogens with one attached hydrogen (secondary N) is 1. The van der Waals surface area contributed by atoms with Gasteiger partial charge in [0.2, 0.25) is 0 Å². The summed E-state index contributed by atoms with van der Waals surface area (Å²) in [6.45, 7) is 2.50. The highest BCUT2D eigenvalue weighted by molar-refractivity contribution is 5.94. The van der Waals surface area contributed by atoms with Gasteiger partial charge in [-0.25, -0.2) is 4.68 Å². The molecule has 1 aliphatic carbocycles. The number of aryl methyl sites for hydroxylation is 1. The van der Waals surface area contributed by atoms with Crippen LogP contribution in [0.5, 0.6) is 0 Å². The summed E-state index contributed by atoms with van der Waals surface area (Å²) in [4.78, 5) is 12.5. The van der Waals surface area contributed by atoms with E-state index < -0.39 is 0 Å². The Morgan fingerprint density at radius 2 is 2.00 bits per heavy atom. The van der Waals surface area contributed by atoms with E-state index in [-0.39, 0.29) is 11.9 Å². The minimum Gasteiger partial charge on any atom is -0.348 e. The van der Waals surface area contributed by atoms with Gasteiger partial charge in [0, 0.05) is 24.3 Å². The Bertz CT molecular complexity index is 671. The number of nitrogens with two attached hydrogens (primary N) is 1. The summed E-state index contributed by atoms with van der Waals surface area (Å²) in [6.07, 6.45) is 9.90. The SMILES string of the molecule is Cc1cnn(-c2ccc(C(=O)NC(CN)C3CCCCC3)cc2)c1. The van der Waals surface area contributed by atoms with E-state index in [9.17, 15) is 4.79 Å². The van der Waals surface area contributed by atoms with Crippen LogP contribution in [0.15, 0.2) is 36.7 Å². The van der Waals surface area contributed by atoms with Crippen LogP contribution in [0.1, 0.15) is 48.0 Å². The number of carbonyl (C=O) groups excluding carboxylic acids is 1. The first-order valence-electron chi connectivity index (χ1n) is 8.80. The van der Waals surface area contributed by atoms with Crippen molar-refractivity contribution in [1.82, 2.24) is 15.1 Å². The van der Waals surface area contributed by atoms with Crippen LogP contribution in [0, 0.1) is 12.8 Å². The second-order valence-corrected chi connectivity index (χ2v) is 6.72. The Morgan fingerprint density at radius 1 is 1.29 bits per heavy atom. The lowest BCUT2D eigenvalue weighted by Crippen LogP contribution is -2.45. The van der Waals surface area contributed by atoms with E-state index in [1.807, 2.05) is 48.3 Å². The molecule has 1 aliphatic rings. The van der Waals surface area contributed by atoms with Gasteiger partial charge in [0.15, 0.2) is 0 Å². The van der Waals surface area contributed by atoms with Crippen LogP contribution in [-0.2, 0) is 0 Å². The first kappa shape index (κ1) is 16.7. The molecule has 1 amide bonds. The molecule has 1 aromatic carbocycles. The van der Waals surface area contributed by atoms with Crippen molar-refractivity contribution in [3.05, 3.63) is 47.8 Å². The summed E-state index contributed by atoms with van der Waals surface area (Å²) in [5.41, 5.74) is 8.62. The number of carbonyl (C=O) groups is 1. The molecule has 128 valence electrons. The highest BCUT2D eigenvalue weighted by atomic mass is 16.1. The lowest BCUT2D eigenvalue weighted by molar-refractivity contribution is 0.0915. The average Bonchev–Trinajstić information content (AvgIpc) is 3.07. The molecule has 3 N–H and O–H groups in total. The van der Waals surface area contributed by atoms with Gasteiger partial charge in [0.1, 0.15) is 0 Å². The fraction of sp³-hybridized carbons (Fsp3) is 0.474. The molecule has 1 saturated carbocycles. The summed E-state index contributed by atoms with van der Waals surface area (Å²) in [7, 11) is 0. The van der Waals surface area contributed by atoms with E-state index in [1.54, 1.807) is 0 Å². The van der Waals surface area contributed by atoms with Crippen molar-refractivity contribution < 1.29 is 4.79 Å². The smallest absolute Gasteiger partial charge is 0.251 e. The third kappa shape index (κ3) is 3.85. The minimum atomic E-state index is -0.0424. The Balaban J connectivity index is 1.65. The summed E-state index contributed by atoms with van der Waals surface area (Å²) < 4.78 is 1.81. The molecule has 5 nitrogen and oxygen atoms in total.